The van der Waals surface area contributed by atoms with E-state index >= 15 is 0 Å². The summed E-state index contributed by atoms with van der Waals surface area (Å²) in [6.07, 6.45) is 0.743. The van der Waals surface area contributed by atoms with Crippen LogP contribution < -0.4 is 9.64 Å². The first kappa shape index (κ1) is 20.2. The van der Waals surface area contributed by atoms with Crippen molar-refractivity contribution in [2.75, 3.05) is 52.1 Å². The normalized spacial score (nSPS) is 13.2. The van der Waals surface area contributed by atoms with E-state index in [2.05, 4.69) is 4.98 Å². The van der Waals surface area contributed by atoms with Gasteiger partial charge in [-0.25, -0.2) is 4.98 Å². The first-order chi connectivity index (χ1) is 13.6. The van der Waals surface area contributed by atoms with Gasteiger partial charge >= 0.3 is 5.97 Å². The highest BCUT2D eigenvalue weighted by Gasteiger charge is 2.28. The monoisotopic (exact) mass is 406 g/mol. The molecule has 9 heteroatoms. The van der Waals surface area contributed by atoms with Crippen molar-refractivity contribution < 1.29 is 28.5 Å². The van der Waals surface area contributed by atoms with Crippen molar-refractivity contribution in [3.8, 4) is 17.0 Å². The van der Waals surface area contributed by atoms with E-state index in [0.717, 1.165) is 22.7 Å². The molecular weight excluding hydrogens is 384 g/mol. The maximum Gasteiger partial charge on any atom is 0.326 e. The number of ether oxygens (including phenoxy) is 4. The number of nitrogens with zero attached hydrogens (tertiary/aromatic N) is 2. The topological polar surface area (TPSA) is 87.2 Å². The third-order valence-corrected chi connectivity index (χ3v) is 5.02. The Morgan fingerprint density at radius 3 is 2.86 bits per heavy atom. The molecule has 0 saturated heterocycles. The molecule has 0 radical (unpaired) electrons. The summed E-state index contributed by atoms with van der Waals surface area (Å²) in [6.45, 7) is 0.759. The molecule has 0 fully saturated rings. The van der Waals surface area contributed by atoms with Crippen LogP contribution in [0.5, 0.6) is 5.75 Å². The molecule has 0 atom stereocenters. The van der Waals surface area contributed by atoms with Gasteiger partial charge in [0.15, 0.2) is 6.61 Å². The van der Waals surface area contributed by atoms with E-state index in [0.29, 0.717) is 24.7 Å². The van der Waals surface area contributed by atoms with Crippen LogP contribution in [0.4, 0.5) is 5.69 Å². The van der Waals surface area contributed by atoms with Gasteiger partial charge in [-0.3, -0.25) is 14.5 Å². The summed E-state index contributed by atoms with van der Waals surface area (Å²) >= 11 is 1.56. The van der Waals surface area contributed by atoms with Crippen LogP contribution in [0.15, 0.2) is 23.6 Å². The number of fused-ring (bicyclic) bond motifs is 1. The van der Waals surface area contributed by atoms with Crippen LogP contribution in [0.3, 0.4) is 0 Å². The summed E-state index contributed by atoms with van der Waals surface area (Å²) in [5.41, 5.74) is 2.18. The summed E-state index contributed by atoms with van der Waals surface area (Å²) in [6, 6.07) is 5.48. The highest BCUT2D eigenvalue weighted by molar-refractivity contribution is 7.09. The van der Waals surface area contributed by atoms with Gasteiger partial charge in [-0.15, -0.1) is 11.3 Å². The minimum Gasteiger partial charge on any atom is -0.482 e. The second-order valence-corrected chi connectivity index (χ2v) is 6.98. The quantitative estimate of drug-likeness (QED) is 0.464. The molecule has 8 nitrogen and oxygen atoms in total. The lowest BCUT2D eigenvalue weighted by molar-refractivity contribution is -0.144. The van der Waals surface area contributed by atoms with Gasteiger partial charge in [0.05, 0.1) is 29.6 Å². The molecule has 150 valence electrons. The second-order valence-electron chi connectivity index (χ2n) is 6.03. The van der Waals surface area contributed by atoms with Crippen LogP contribution in [-0.4, -0.2) is 64.1 Å². The average molecular weight is 406 g/mol. The van der Waals surface area contributed by atoms with E-state index in [9.17, 15) is 9.59 Å². The van der Waals surface area contributed by atoms with Crippen molar-refractivity contribution in [2.24, 2.45) is 0 Å². The molecule has 28 heavy (non-hydrogen) atoms. The molecule has 1 aromatic heterocycles. The zero-order valence-corrected chi connectivity index (χ0v) is 16.6. The molecular formula is C19H22N2O6S. The number of esters is 1. The molecule has 1 aliphatic rings. The van der Waals surface area contributed by atoms with Gasteiger partial charge in [0, 0.05) is 31.6 Å². The number of carbonyl (C=O) groups is 2. The van der Waals surface area contributed by atoms with Gasteiger partial charge in [-0.1, -0.05) is 0 Å². The van der Waals surface area contributed by atoms with Crippen molar-refractivity contribution in [1.29, 1.82) is 0 Å². The summed E-state index contributed by atoms with van der Waals surface area (Å²) in [5.74, 6) is -0.255. The molecule has 0 N–H and O–H groups in total. The smallest absolute Gasteiger partial charge is 0.326 e. The summed E-state index contributed by atoms with van der Waals surface area (Å²) in [5, 5.41) is 2.93. The third kappa shape index (κ3) is 4.86. The lowest BCUT2D eigenvalue weighted by atomic mass is 10.1. The van der Waals surface area contributed by atoms with Gasteiger partial charge in [0.1, 0.15) is 18.9 Å². The number of rotatable bonds is 9. The maximum absolute atomic E-state index is 12.3. The van der Waals surface area contributed by atoms with E-state index in [4.69, 9.17) is 18.9 Å². The van der Waals surface area contributed by atoms with Gasteiger partial charge in [-0.05, 0) is 18.2 Å². The van der Waals surface area contributed by atoms with Crippen LogP contribution in [0, 0.1) is 0 Å². The highest BCUT2D eigenvalue weighted by atomic mass is 32.1. The Hall–Kier alpha value is -2.49. The molecule has 0 saturated carbocycles. The van der Waals surface area contributed by atoms with Crippen LogP contribution in [0.2, 0.25) is 0 Å². The van der Waals surface area contributed by atoms with E-state index in [1.54, 1.807) is 24.5 Å². The van der Waals surface area contributed by atoms with E-state index in [1.165, 1.54) is 12.0 Å². The molecule has 2 heterocycles. The van der Waals surface area contributed by atoms with Crippen LogP contribution in [0.1, 0.15) is 5.01 Å². The average Bonchev–Trinajstić information content (AvgIpc) is 3.17. The van der Waals surface area contributed by atoms with Crippen molar-refractivity contribution in [2.45, 2.75) is 6.42 Å². The summed E-state index contributed by atoms with van der Waals surface area (Å²) in [7, 11) is 3.18. The predicted molar refractivity (Wildman–Crippen MR) is 104 cm³/mol. The molecule has 3 rings (SSSR count). The van der Waals surface area contributed by atoms with Gasteiger partial charge in [0.25, 0.3) is 5.91 Å². The van der Waals surface area contributed by atoms with Crippen LogP contribution in [-0.2, 0) is 30.2 Å². The standard InChI is InChI=1S/C19H22N2O6S/c1-24-6-5-17-20-14(12-28-17)13-3-4-16-15(9-13)21(18(22)11-27-16)10-19(23)26-8-7-25-2/h3-4,9,12H,5-8,10-11H2,1-2H3. The molecule has 0 unspecified atom stereocenters. The van der Waals surface area contributed by atoms with Crippen molar-refractivity contribution in [3.63, 3.8) is 0 Å². The number of amides is 1. The number of methoxy groups -OCH3 is 2. The van der Waals surface area contributed by atoms with E-state index in [1.807, 2.05) is 17.5 Å². The maximum atomic E-state index is 12.3. The van der Waals surface area contributed by atoms with Crippen molar-refractivity contribution in [1.82, 2.24) is 4.98 Å². The first-order valence-electron chi connectivity index (χ1n) is 8.78. The van der Waals surface area contributed by atoms with Crippen LogP contribution >= 0.6 is 11.3 Å². The zero-order chi connectivity index (χ0) is 19.9. The predicted octanol–water partition coefficient (Wildman–Crippen LogP) is 1.91. The number of hydrogen-bond donors (Lipinski definition) is 0. The summed E-state index contributed by atoms with van der Waals surface area (Å²) in [4.78, 5) is 30.4. The molecule has 1 aromatic carbocycles. The van der Waals surface area contributed by atoms with Crippen molar-refractivity contribution >= 4 is 28.9 Å². The van der Waals surface area contributed by atoms with Gasteiger partial charge < -0.3 is 18.9 Å². The van der Waals surface area contributed by atoms with Crippen LogP contribution in [0.25, 0.3) is 11.3 Å². The number of thiazole rings is 1. The highest BCUT2D eigenvalue weighted by Crippen LogP contribution is 2.36. The third-order valence-electron chi connectivity index (χ3n) is 4.11. The molecule has 0 spiro atoms. The molecule has 0 bridgehead atoms. The van der Waals surface area contributed by atoms with Gasteiger partial charge in [-0.2, -0.15) is 0 Å². The Morgan fingerprint density at radius 1 is 1.25 bits per heavy atom. The Morgan fingerprint density at radius 2 is 2.07 bits per heavy atom. The van der Waals surface area contributed by atoms with E-state index in [-0.39, 0.29) is 25.7 Å². The second kappa shape index (κ2) is 9.63. The minimum absolute atomic E-state index is 0.116. The summed E-state index contributed by atoms with van der Waals surface area (Å²) < 4.78 is 20.5. The fraction of sp³-hybridized carbons (Fsp3) is 0.421. The lowest BCUT2D eigenvalue weighted by Gasteiger charge is -2.29. The Bertz CT molecular complexity index is 838. The number of carbonyl (C=O) groups excluding carboxylic acids is 2. The molecule has 1 aliphatic heterocycles. The Balaban J connectivity index is 1.79. The number of hydrogen-bond acceptors (Lipinski definition) is 8. The Labute approximate surface area is 167 Å². The van der Waals surface area contributed by atoms with Crippen molar-refractivity contribution in [3.05, 3.63) is 28.6 Å². The molecule has 0 aliphatic carbocycles. The minimum atomic E-state index is -0.501. The number of benzene rings is 1. The fourth-order valence-corrected chi connectivity index (χ4v) is 3.48. The fourth-order valence-electron chi connectivity index (χ4n) is 2.70. The largest absolute Gasteiger partial charge is 0.482 e. The molecule has 1 amide bonds. The first-order valence-corrected chi connectivity index (χ1v) is 9.66. The SMILES string of the molecule is COCCOC(=O)CN1C(=O)COc2ccc(-c3csc(CCOC)n3)cc21. The molecule has 2 aromatic rings. The lowest BCUT2D eigenvalue weighted by Crippen LogP contribution is -2.42. The number of anilines is 1. The Kier molecular flexibility index (Phi) is 6.96. The number of aromatic nitrogens is 1. The zero-order valence-electron chi connectivity index (χ0n) is 15.8. The van der Waals surface area contributed by atoms with E-state index < -0.39 is 5.97 Å². The van der Waals surface area contributed by atoms with Gasteiger partial charge in [0.2, 0.25) is 0 Å².